The monoisotopic (exact) mass is 391 g/mol. The van der Waals surface area contributed by atoms with Gasteiger partial charge in [0.2, 0.25) is 0 Å². The molecule has 5 nitrogen and oxygen atoms in total. The average Bonchev–Trinajstić information content (AvgIpc) is 2.78. The summed E-state index contributed by atoms with van der Waals surface area (Å²) in [5, 5.41) is 0.479. The molecule has 1 aromatic rings. The lowest BCUT2D eigenvalue weighted by molar-refractivity contribution is 0.00578. The highest BCUT2D eigenvalue weighted by Gasteiger charge is 2.52. The Labute approximate surface area is 166 Å². The van der Waals surface area contributed by atoms with E-state index in [2.05, 4.69) is 6.92 Å². The first-order chi connectivity index (χ1) is 12.5. The van der Waals surface area contributed by atoms with Gasteiger partial charge in [-0.25, -0.2) is 0 Å². The molecule has 2 bridgehead atoms. The lowest BCUT2D eigenvalue weighted by atomic mass is 9.75. The fourth-order valence-electron chi connectivity index (χ4n) is 4.09. The van der Waals surface area contributed by atoms with Crippen LogP contribution in [-0.4, -0.2) is 47.8 Å². The highest BCUT2D eigenvalue weighted by Crippen LogP contribution is 2.40. The number of piperidine rings is 1. The van der Waals surface area contributed by atoms with Gasteiger partial charge in [-0.15, -0.1) is 0 Å². The average molecular weight is 392 g/mol. The van der Waals surface area contributed by atoms with Gasteiger partial charge in [-0.3, -0.25) is 4.79 Å². The molecule has 0 aliphatic carbocycles. The number of carbonyl (C=O) groups is 1. The molecule has 5 rings (SSSR count). The van der Waals surface area contributed by atoms with Crippen LogP contribution in [0.2, 0.25) is 5.02 Å². The number of fused-ring (bicyclic) bond motifs is 2. The summed E-state index contributed by atoms with van der Waals surface area (Å²) in [5.74, 6) is 0.469. The van der Waals surface area contributed by atoms with E-state index in [1.54, 1.807) is 0 Å². The van der Waals surface area contributed by atoms with Crippen LogP contribution in [0.15, 0.2) is 6.07 Å². The van der Waals surface area contributed by atoms with E-state index in [-0.39, 0.29) is 18.1 Å². The quantitative estimate of drug-likeness (QED) is 0.689. The van der Waals surface area contributed by atoms with Gasteiger partial charge in [0.1, 0.15) is 6.10 Å². The van der Waals surface area contributed by atoms with E-state index in [9.17, 15) is 4.79 Å². The van der Waals surface area contributed by atoms with Gasteiger partial charge in [-0.2, -0.15) is 0 Å². The zero-order valence-corrected chi connectivity index (χ0v) is 17.6. The molecule has 1 amide bonds. The SMILES string of the molecule is Cc1c(B2OC(C)(C)C(C)(C)O2)cc2c(c1Cl)O[C@H]1CCN(C2=O)[C@@H](C)C1. The fourth-order valence-corrected chi connectivity index (χ4v) is 4.35. The van der Waals surface area contributed by atoms with Gasteiger partial charge in [0, 0.05) is 25.4 Å². The van der Waals surface area contributed by atoms with Crippen molar-refractivity contribution in [3.63, 3.8) is 0 Å². The number of nitrogens with zero attached hydrogens (tertiary/aromatic N) is 1. The molecule has 2 fully saturated rings. The topological polar surface area (TPSA) is 48.0 Å². The van der Waals surface area contributed by atoms with Crippen molar-refractivity contribution in [3.8, 4) is 5.75 Å². The van der Waals surface area contributed by atoms with Crippen molar-refractivity contribution in [1.29, 1.82) is 0 Å². The van der Waals surface area contributed by atoms with E-state index >= 15 is 0 Å². The third-order valence-electron chi connectivity index (χ3n) is 6.62. The van der Waals surface area contributed by atoms with Crippen molar-refractivity contribution in [1.82, 2.24) is 4.90 Å². The Morgan fingerprint density at radius 1 is 1.22 bits per heavy atom. The zero-order chi connectivity index (χ0) is 19.7. The molecule has 146 valence electrons. The Balaban J connectivity index is 1.82. The van der Waals surface area contributed by atoms with E-state index in [1.165, 1.54) is 0 Å². The second-order valence-corrected chi connectivity index (χ2v) is 9.36. The molecular weight excluding hydrogens is 364 g/mol. The molecule has 0 spiro atoms. The van der Waals surface area contributed by atoms with Crippen molar-refractivity contribution >= 4 is 30.1 Å². The molecule has 7 heteroatoms. The summed E-state index contributed by atoms with van der Waals surface area (Å²) in [6.45, 7) is 12.8. The van der Waals surface area contributed by atoms with Gasteiger partial charge in [0.25, 0.3) is 5.91 Å². The third-order valence-corrected chi connectivity index (χ3v) is 7.07. The van der Waals surface area contributed by atoms with Crippen LogP contribution in [0, 0.1) is 6.92 Å². The molecule has 1 aromatic carbocycles. The summed E-state index contributed by atoms with van der Waals surface area (Å²) >= 11 is 6.69. The van der Waals surface area contributed by atoms with Gasteiger partial charge in [0.05, 0.1) is 21.8 Å². The van der Waals surface area contributed by atoms with Crippen molar-refractivity contribution in [2.24, 2.45) is 0 Å². The van der Waals surface area contributed by atoms with E-state index in [0.29, 0.717) is 22.9 Å². The van der Waals surface area contributed by atoms with Crippen LogP contribution in [0.1, 0.15) is 63.4 Å². The number of halogens is 1. The first kappa shape index (κ1) is 19.1. The van der Waals surface area contributed by atoms with Crippen LogP contribution in [0.3, 0.4) is 0 Å². The molecule has 4 heterocycles. The van der Waals surface area contributed by atoms with Gasteiger partial charge in [-0.1, -0.05) is 11.6 Å². The first-order valence-corrected chi connectivity index (χ1v) is 10.1. The Morgan fingerprint density at radius 2 is 1.85 bits per heavy atom. The molecule has 0 saturated carbocycles. The van der Waals surface area contributed by atoms with Crippen LogP contribution in [0.4, 0.5) is 0 Å². The van der Waals surface area contributed by atoms with Crippen LogP contribution >= 0.6 is 11.6 Å². The second-order valence-electron chi connectivity index (χ2n) is 8.98. The van der Waals surface area contributed by atoms with Gasteiger partial charge < -0.3 is 18.9 Å². The standard InChI is InChI=1S/C20H27BClNO4/c1-11-9-13-7-8-23(11)18(24)14-10-15(12(2)16(22)17(14)25-13)21-26-19(3,4)20(5,6)27-21/h10-11,13H,7-9H2,1-6H3/t11-,13-/m0/s1. The van der Waals surface area contributed by atoms with Crippen LogP contribution in [0.5, 0.6) is 5.75 Å². The summed E-state index contributed by atoms with van der Waals surface area (Å²) < 4.78 is 18.6. The van der Waals surface area contributed by atoms with E-state index in [4.69, 9.17) is 25.6 Å². The predicted molar refractivity (Wildman–Crippen MR) is 106 cm³/mol. The largest absolute Gasteiger partial charge is 0.495 e. The zero-order valence-electron chi connectivity index (χ0n) is 16.9. The minimum absolute atomic E-state index is 0.0321. The number of hydrogen-bond acceptors (Lipinski definition) is 4. The van der Waals surface area contributed by atoms with E-state index < -0.39 is 18.3 Å². The molecule has 0 N–H and O–H groups in total. The molecular formula is C20H27BClNO4. The fraction of sp³-hybridized carbons (Fsp3) is 0.650. The van der Waals surface area contributed by atoms with Crippen LogP contribution in [-0.2, 0) is 9.31 Å². The molecule has 0 unspecified atom stereocenters. The summed E-state index contributed by atoms with van der Waals surface area (Å²) in [4.78, 5) is 15.2. The van der Waals surface area contributed by atoms with Crippen molar-refractivity contribution in [3.05, 3.63) is 22.2 Å². The summed E-state index contributed by atoms with van der Waals surface area (Å²) in [5.41, 5.74) is 1.21. The maximum absolute atomic E-state index is 13.2. The minimum Gasteiger partial charge on any atom is -0.488 e. The van der Waals surface area contributed by atoms with Crippen molar-refractivity contribution in [2.45, 2.75) is 77.7 Å². The lowest BCUT2D eigenvalue weighted by Gasteiger charge is -2.41. The Bertz CT molecular complexity index is 794. The summed E-state index contributed by atoms with van der Waals surface area (Å²) in [6.07, 6.45) is 1.76. The van der Waals surface area contributed by atoms with Crippen molar-refractivity contribution in [2.75, 3.05) is 6.54 Å². The molecule has 2 saturated heterocycles. The molecule has 0 radical (unpaired) electrons. The maximum atomic E-state index is 13.2. The molecule has 4 aliphatic heterocycles. The number of hydrogen-bond donors (Lipinski definition) is 0. The first-order valence-electron chi connectivity index (χ1n) is 9.68. The third kappa shape index (κ3) is 2.88. The normalized spacial score (nSPS) is 28.6. The van der Waals surface area contributed by atoms with Gasteiger partial charge >= 0.3 is 7.12 Å². The Hall–Kier alpha value is -1.24. The molecule has 4 aliphatic rings. The van der Waals surface area contributed by atoms with Gasteiger partial charge in [-0.05, 0) is 58.6 Å². The number of amides is 1. The summed E-state index contributed by atoms with van der Waals surface area (Å²) in [7, 11) is -0.569. The predicted octanol–water partition coefficient (Wildman–Crippen LogP) is 3.33. The second kappa shape index (κ2) is 6.13. The van der Waals surface area contributed by atoms with Crippen LogP contribution in [0.25, 0.3) is 0 Å². The van der Waals surface area contributed by atoms with Crippen LogP contribution < -0.4 is 10.2 Å². The Morgan fingerprint density at radius 3 is 2.44 bits per heavy atom. The number of carbonyl (C=O) groups excluding carboxylic acids is 1. The van der Waals surface area contributed by atoms with Crippen molar-refractivity contribution < 1.29 is 18.8 Å². The maximum Gasteiger partial charge on any atom is 0.495 e. The molecule has 0 aromatic heterocycles. The van der Waals surface area contributed by atoms with E-state index in [1.807, 2.05) is 45.6 Å². The highest BCUT2D eigenvalue weighted by atomic mass is 35.5. The molecule has 2 atom stereocenters. The summed E-state index contributed by atoms with van der Waals surface area (Å²) in [6, 6.07) is 2.01. The number of benzene rings is 1. The van der Waals surface area contributed by atoms with E-state index in [0.717, 1.165) is 23.9 Å². The Kier molecular flexibility index (Phi) is 4.34. The molecule has 27 heavy (non-hydrogen) atoms. The lowest BCUT2D eigenvalue weighted by Crippen LogP contribution is -2.50. The minimum atomic E-state index is -0.569. The van der Waals surface area contributed by atoms with Gasteiger partial charge in [0.15, 0.2) is 5.75 Å². The number of ether oxygens (including phenoxy) is 1. The highest BCUT2D eigenvalue weighted by molar-refractivity contribution is 6.63. The number of rotatable bonds is 1. The smallest absolute Gasteiger partial charge is 0.488 e.